The van der Waals surface area contributed by atoms with E-state index in [9.17, 15) is 0 Å². The van der Waals surface area contributed by atoms with Crippen molar-refractivity contribution >= 4 is 39.7 Å². The Morgan fingerprint density at radius 2 is 2.16 bits per heavy atom. The van der Waals surface area contributed by atoms with Crippen molar-refractivity contribution in [2.24, 2.45) is 10.8 Å². The zero-order valence-corrected chi connectivity index (χ0v) is 15.4. The van der Waals surface area contributed by atoms with Gasteiger partial charge in [0.1, 0.15) is 18.9 Å². The number of quaternary nitrogens is 1. The zero-order valence-electron chi connectivity index (χ0n) is 14.7. The summed E-state index contributed by atoms with van der Waals surface area (Å²) in [6.07, 6.45) is 3.51. The number of aromatic nitrogens is 1. The highest BCUT2D eigenvalue weighted by Gasteiger charge is 2.42. The van der Waals surface area contributed by atoms with Crippen molar-refractivity contribution in [1.82, 2.24) is 9.58 Å². The van der Waals surface area contributed by atoms with E-state index < -0.39 is 0 Å². The Balaban J connectivity index is 2.08. The number of aliphatic imine (C=N–C) groups is 1. The lowest BCUT2D eigenvalue weighted by Crippen LogP contribution is -2.60. The number of amidine groups is 1. The molecule has 0 bridgehead atoms. The van der Waals surface area contributed by atoms with Crippen LogP contribution in [0.1, 0.15) is 19.8 Å². The van der Waals surface area contributed by atoms with Crippen LogP contribution in [0.2, 0.25) is 0 Å². The van der Waals surface area contributed by atoms with Crippen molar-refractivity contribution in [2.45, 2.75) is 19.8 Å². The van der Waals surface area contributed by atoms with Gasteiger partial charge >= 0.3 is 0 Å². The highest BCUT2D eigenvalue weighted by atomic mass is 35.5. The van der Waals surface area contributed by atoms with E-state index in [0.29, 0.717) is 19.1 Å². The monoisotopic (exact) mass is 363 g/mol. The molecule has 7 heteroatoms. The van der Waals surface area contributed by atoms with Gasteiger partial charge in [-0.3, -0.25) is 4.98 Å². The number of pyridine rings is 1. The van der Waals surface area contributed by atoms with Crippen molar-refractivity contribution in [2.75, 3.05) is 32.7 Å². The van der Waals surface area contributed by atoms with Crippen LogP contribution in [0, 0.1) is 0 Å². The van der Waals surface area contributed by atoms with Crippen LogP contribution in [-0.4, -0.2) is 43.6 Å². The molecule has 3 rings (SSSR count). The molecule has 1 aliphatic rings. The van der Waals surface area contributed by atoms with Gasteiger partial charge in [-0.1, -0.05) is 6.92 Å². The molecular weight excluding hydrogens is 340 g/mol. The molecule has 2 N–H and O–H groups in total. The Morgan fingerprint density at radius 1 is 1.32 bits per heavy atom. The molecule has 0 saturated heterocycles. The van der Waals surface area contributed by atoms with Crippen LogP contribution in [0.15, 0.2) is 29.4 Å². The van der Waals surface area contributed by atoms with E-state index in [0.717, 1.165) is 53.2 Å². The number of benzene rings is 1. The van der Waals surface area contributed by atoms with Crippen molar-refractivity contribution in [1.29, 1.82) is 0 Å². The lowest BCUT2D eigenvalue weighted by molar-refractivity contribution is 0.231. The van der Waals surface area contributed by atoms with Crippen LogP contribution >= 0.6 is 11.6 Å². The Kier molecular flexibility index (Phi) is 5.54. The molecule has 2 aromatic rings. The summed E-state index contributed by atoms with van der Waals surface area (Å²) in [4.78, 5) is 9.21. The molecule has 0 saturated carbocycles. The number of halogens is 1. The molecule has 0 fully saturated rings. The number of nitrogens with two attached hydrogens (primary N) is 1. The molecule has 1 atom stereocenters. The number of ether oxygens (including phenoxy) is 2. The summed E-state index contributed by atoms with van der Waals surface area (Å²) in [7, 11) is 1.65. The molecule has 0 amide bonds. The number of methoxy groups -OCH3 is 1. The highest BCUT2D eigenvalue weighted by molar-refractivity contribution is 6.17. The summed E-state index contributed by atoms with van der Waals surface area (Å²) in [5.41, 5.74) is 2.64. The second-order valence-corrected chi connectivity index (χ2v) is 6.49. The molecule has 6 nitrogen and oxygen atoms in total. The Hall–Kier alpha value is -1.73. The average Bonchev–Trinajstić information content (AvgIpc) is 2.88. The number of alkyl halides is 1. The molecule has 2 heterocycles. The van der Waals surface area contributed by atoms with E-state index in [2.05, 4.69) is 16.9 Å². The van der Waals surface area contributed by atoms with E-state index in [-0.39, 0.29) is 4.59 Å². The average molecular weight is 364 g/mol. The Bertz CT molecular complexity index is 796. The summed E-state index contributed by atoms with van der Waals surface area (Å²) < 4.78 is 11.3. The van der Waals surface area contributed by atoms with Gasteiger partial charge in [-0.15, -0.1) is 11.6 Å². The van der Waals surface area contributed by atoms with Gasteiger partial charge in [0.15, 0.2) is 11.4 Å². The fourth-order valence-corrected chi connectivity index (χ4v) is 3.32. The normalized spacial score (nSPS) is 19.1. The minimum absolute atomic E-state index is 0.157. The predicted molar refractivity (Wildman–Crippen MR) is 103 cm³/mol. The van der Waals surface area contributed by atoms with Crippen molar-refractivity contribution in [3.8, 4) is 5.75 Å². The molecule has 1 unspecified atom stereocenters. The zero-order chi connectivity index (χ0) is 17.9. The molecule has 25 heavy (non-hydrogen) atoms. The predicted octanol–water partition coefficient (Wildman–Crippen LogP) is 3.52. The maximum atomic E-state index is 6.79. The smallest absolute Gasteiger partial charge is 0.254 e. The molecule has 134 valence electrons. The fraction of sp³-hybridized carbons (Fsp3) is 0.444. The number of fused-ring (bicyclic) bond motifs is 3. The third-order valence-corrected chi connectivity index (χ3v) is 4.56. The molecule has 0 aliphatic carbocycles. The summed E-state index contributed by atoms with van der Waals surface area (Å²) in [5, 5.41) is 0.965. The Labute approximate surface area is 152 Å². The highest BCUT2D eigenvalue weighted by Crippen LogP contribution is 2.43. The minimum atomic E-state index is 0.157. The van der Waals surface area contributed by atoms with Gasteiger partial charge in [-0.25, -0.2) is 0 Å². The van der Waals surface area contributed by atoms with Gasteiger partial charge in [-0.05, 0) is 31.0 Å². The van der Waals surface area contributed by atoms with Crippen LogP contribution in [-0.2, 0) is 4.74 Å². The van der Waals surface area contributed by atoms with Crippen LogP contribution in [0.25, 0.3) is 10.9 Å². The largest absolute Gasteiger partial charge is 0.494 e. The molecule has 1 aromatic heterocycles. The molecule has 0 radical (unpaired) electrons. The first kappa shape index (κ1) is 18.1. The topological polar surface area (TPSA) is 69.7 Å². The fourth-order valence-electron chi connectivity index (χ4n) is 3.21. The van der Waals surface area contributed by atoms with E-state index >= 15 is 0 Å². The summed E-state index contributed by atoms with van der Waals surface area (Å²) in [6, 6.07) is 5.87. The van der Waals surface area contributed by atoms with Gasteiger partial charge in [-0.2, -0.15) is 15.4 Å². The summed E-state index contributed by atoms with van der Waals surface area (Å²) in [6.45, 7) is 3.82. The minimum Gasteiger partial charge on any atom is -0.494 e. The standard InChI is InChI=1S/C18H24ClN4O2/c1-3-8-23(20)17(12-24-2)22-16-11-21-15-6-5-13(25-9-4-7-19)10-14(15)18(16)23/h5-6,10-11H,3-4,7-9,12,20H2,1-2H3/q+1. The number of hydrogen-bond acceptors (Lipinski definition) is 5. The van der Waals surface area contributed by atoms with Crippen LogP contribution < -0.4 is 15.2 Å². The first-order chi connectivity index (χ1) is 12.1. The van der Waals surface area contributed by atoms with Gasteiger partial charge in [0.25, 0.3) is 5.84 Å². The SMILES string of the molecule is CCC[N+]1(N)C(COC)=Nc2cnc3ccc(OCCCCl)cc3c21. The van der Waals surface area contributed by atoms with Gasteiger partial charge in [0, 0.05) is 13.0 Å². The van der Waals surface area contributed by atoms with E-state index in [4.69, 9.17) is 26.9 Å². The van der Waals surface area contributed by atoms with Crippen LogP contribution in [0.3, 0.4) is 0 Å². The summed E-state index contributed by atoms with van der Waals surface area (Å²) >= 11 is 5.72. The van der Waals surface area contributed by atoms with Gasteiger partial charge in [0.2, 0.25) is 0 Å². The maximum Gasteiger partial charge on any atom is 0.254 e. The van der Waals surface area contributed by atoms with Crippen molar-refractivity contribution < 1.29 is 9.47 Å². The maximum absolute atomic E-state index is 6.79. The molecular formula is C18H24ClN4O2+. The van der Waals surface area contributed by atoms with E-state index in [1.54, 1.807) is 13.3 Å². The lowest BCUT2D eigenvalue weighted by atomic mass is 10.1. The van der Waals surface area contributed by atoms with Crippen molar-refractivity contribution in [3.05, 3.63) is 24.4 Å². The van der Waals surface area contributed by atoms with Gasteiger partial charge < -0.3 is 9.47 Å². The quantitative estimate of drug-likeness (QED) is 0.337. The second kappa shape index (κ2) is 7.66. The molecule has 1 aromatic carbocycles. The van der Waals surface area contributed by atoms with Crippen LogP contribution in [0.5, 0.6) is 5.75 Å². The van der Waals surface area contributed by atoms with Crippen LogP contribution in [0.4, 0.5) is 11.4 Å². The number of nitrogens with zero attached hydrogens (tertiary/aromatic N) is 3. The Morgan fingerprint density at radius 3 is 2.88 bits per heavy atom. The first-order valence-corrected chi connectivity index (χ1v) is 9.03. The van der Waals surface area contributed by atoms with Gasteiger partial charge in [0.05, 0.1) is 23.7 Å². The number of rotatable bonds is 8. The third kappa shape index (κ3) is 3.35. The van der Waals surface area contributed by atoms with Crippen molar-refractivity contribution in [3.63, 3.8) is 0 Å². The van der Waals surface area contributed by atoms with E-state index in [1.165, 1.54) is 0 Å². The second-order valence-electron chi connectivity index (χ2n) is 6.12. The number of hydrogen-bond donors (Lipinski definition) is 1. The third-order valence-electron chi connectivity index (χ3n) is 4.30. The molecule has 1 aliphatic heterocycles. The van der Waals surface area contributed by atoms with E-state index in [1.807, 2.05) is 18.2 Å². The molecule has 0 spiro atoms. The first-order valence-electron chi connectivity index (χ1n) is 8.50. The lowest BCUT2D eigenvalue weighted by Gasteiger charge is -2.29. The summed E-state index contributed by atoms with van der Waals surface area (Å²) in [5.74, 6) is 8.95.